The van der Waals surface area contributed by atoms with Gasteiger partial charge >= 0.3 is 0 Å². The average molecular weight is 410 g/mol. The van der Waals surface area contributed by atoms with Gasteiger partial charge in [-0.25, -0.2) is 0 Å². The van der Waals surface area contributed by atoms with Gasteiger partial charge in [-0.15, -0.1) is 0 Å². The maximum Gasteiger partial charge on any atom is 0.0464 e. The molecule has 4 aliphatic rings. The topological polar surface area (TPSA) is 12.0 Å². The Morgan fingerprint density at radius 2 is 1.50 bits per heavy atom. The third kappa shape index (κ3) is 3.04. The fourth-order valence-electron chi connectivity index (χ4n) is 5.03. The molecule has 0 amide bonds. The minimum absolute atomic E-state index is 0.395. The van der Waals surface area contributed by atoms with Gasteiger partial charge in [0.15, 0.2) is 0 Å². The molecule has 1 nitrogen and oxygen atoms in total. The van der Waals surface area contributed by atoms with Gasteiger partial charge in [0.05, 0.1) is 0 Å². The Labute approximate surface area is 181 Å². The normalized spacial score (nSPS) is 25.0. The van der Waals surface area contributed by atoms with Gasteiger partial charge in [0.25, 0.3) is 0 Å². The first-order valence-corrected chi connectivity index (χ1v) is 12.5. The first-order chi connectivity index (χ1) is 14.9. The van der Waals surface area contributed by atoms with Crippen molar-refractivity contribution in [3.05, 3.63) is 108 Å². The zero-order valence-corrected chi connectivity index (χ0v) is 18.6. The summed E-state index contributed by atoms with van der Waals surface area (Å²) in [6.07, 6.45) is 18.6. The summed E-state index contributed by atoms with van der Waals surface area (Å²) in [5, 5.41) is 7.02. The maximum atomic E-state index is 3.75. The Kier molecular flexibility index (Phi) is 5.32. The molecule has 6 rings (SSSR count). The molecule has 0 radical (unpaired) electrons. The average Bonchev–Trinajstić information content (AvgIpc) is 3.09. The van der Waals surface area contributed by atoms with E-state index in [0.717, 1.165) is 12.8 Å². The van der Waals surface area contributed by atoms with E-state index in [-0.39, 0.29) is 0 Å². The molecular formula is C28H28NP. The van der Waals surface area contributed by atoms with E-state index in [2.05, 4.69) is 96.4 Å². The second-order valence-corrected chi connectivity index (χ2v) is 10.1. The molecule has 30 heavy (non-hydrogen) atoms. The van der Waals surface area contributed by atoms with E-state index >= 15 is 0 Å². The van der Waals surface area contributed by atoms with E-state index in [0.29, 0.717) is 11.6 Å². The lowest BCUT2D eigenvalue weighted by Crippen LogP contribution is -2.08. The Morgan fingerprint density at radius 1 is 0.800 bits per heavy atom. The molecule has 2 aromatic rings. The molecule has 0 saturated carbocycles. The van der Waals surface area contributed by atoms with E-state index in [1.54, 1.807) is 16.2 Å². The van der Waals surface area contributed by atoms with Crippen LogP contribution in [0.5, 0.6) is 0 Å². The van der Waals surface area contributed by atoms with Gasteiger partial charge in [-0.2, -0.15) is 0 Å². The summed E-state index contributed by atoms with van der Waals surface area (Å²) in [6, 6.07) is 17.8. The summed E-state index contributed by atoms with van der Waals surface area (Å²) in [7, 11) is -0.395. The lowest BCUT2D eigenvalue weighted by Gasteiger charge is -2.29. The van der Waals surface area contributed by atoms with Crippen LogP contribution in [0.1, 0.15) is 37.8 Å². The quantitative estimate of drug-likeness (QED) is 0.466. The lowest BCUT2D eigenvalue weighted by molar-refractivity contribution is 0.833. The molecule has 2 aliphatic carbocycles. The van der Waals surface area contributed by atoms with Gasteiger partial charge in [-0.3, -0.25) is 0 Å². The molecule has 1 N–H and O–H groups in total. The molecule has 150 valence electrons. The third-order valence-electron chi connectivity index (χ3n) is 6.21. The van der Waals surface area contributed by atoms with Crippen LogP contribution < -0.4 is 5.32 Å². The molecule has 0 aromatic heterocycles. The van der Waals surface area contributed by atoms with Crippen molar-refractivity contribution in [1.29, 1.82) is 0 Å². The molecule has 3 unspecified atom stereocenters. The summed E-state index contributed by atoms with van der Waals surface area (Å²) < 4.78 is 0. The van der Waals surface area contributed by atoms with Crippen LogP contribution in [0.2, 0.25) is 0 Å². The standard InChI is InChI=1S/C26H22NP.C2H6/c1-2-10-18(11-3-1)28-24-17-9-6-14-21(24)25-19-12-4-7-15-22(19)27-23-16-8-5-13-20(23)26(25)28;1-2/h1-10,12-13,15-18,21,27H,11,14H2;1-2H3. The van der Waals surface area contributed by atoms with Crippen molar-refractivity contribution in [2.45, 2.75) is 32.3 Å². The minimum atomic E-state index is -0.395. The van der Waals surface area contributed by atoms with E-state index in [1.165, 1.54) is 22.5 Å². The summed E-state index contributed by atoms with van der Waals surface area (Å²) in [4.78, 5) is 0. The molecule has 0 fully saturated rings. The second kappa shape index (κ2) is 8.25. The molecule has 2 aromatic carbocycles. The predicted octanol–water partition coefficient (Wildman–Crippen LogP) is 8.48. The predicted molar refractivity (Wildman–Crippen MR) is 133 cm³/mol. The molecule has 2 heteroatoms. The fourth-order valence-corrected chi connectivity index (χ4v) is 8.42. The van der Waals surface area contributed by atoms with Crippen molar-refractivity contribution in [2.75, 3.05) is 5.32 Å². The third-order valence-corrected chi connectivity index (χ3v) is 9.24. The van der Waals surface area contributed by atoms with Gasteiger partial charge in [-0.1, -0.05) is 92.8 Å². The van der Waals surface area contributed by atoms with Crippen LogP contribution >= 0.6 is 7.92 Å². The number of para-hydroxylation sites is 2. The molecule has 2 aliphatic heterocycles. The van der Waals surface area contributed by atoms with Crippen LogP contribution in [0.25, 0.3) is 10.9 Å². The summed E-state index contributed by atoms with van der Waals surface area (Å²) in [5.41, 5.74) is 7.43. The lowest BCUT2D eigenvalue weighted by atomic mass is 9.86. The zero-order valence-electron chi connectivity index (χ0n) is 17.7. The van der Waals surface area contributed by atoms with Crippen LogP contribution in [-0.2, 0) is 0 Å². The Hall–Kier alpha value is -2.63. The fraction of sp³-hybridized carbons (Fsp3) is 0.214. The molecule has 3 atom stereocenters. The summed E-state index contributed by atoms with van der Waals surface area (Å²) >= 11 is 0. The number of hydrogen-bond acceptors (Lipinski definition) is 1. The number of rotatable bonds is 1. The first kappa shape index (κ1) is 19.3. The molecule has 2 heterocycles. The zero-order chi connectivity index (χ0) is 20.5. The first-order valence-electron chi connectivity index (χ1n) is 11.1. The van der Waals surface area contributed by atoms with Gasteiger partial charge in [0.1, 0.15) is 0 Å². The van der Waals surface area contributed by atoms with Gasteiger partial charge in [0, 0.05) is 34.1 Å². The van der Waals surface area contributed by atoms with Crippen LogP contribution in [-0.4, -0.2) is 5.66 Å². The van der Waals surface area contributed by atoms with E-state index in [9.17, 15) is 0 Å². The SMILES string of the molecule is C1=CCC2C(=C1)P(C1C=CC=CC1)C1=C2c2ccccc2Nc2ccccc21.CC. The number of allylic oxidation sites excluding steroid dienone is 9. The molecule has 0 bridgehead atoms. The number of anilines is 2. The summed E-state index contributed by atoms with van der Waals surface area (Å²) in [5.74, 6) is 0.513. The van der Waals surface area contributed by atoms with E-state index < -0.39 is 7.92 Å². The van der Waals surface area contributed by atoms with Crippen molar-refractivity contribution in [3.8, 4) is 0 Å². The van der Waals surface area contributed by atoms with Crippen molar-refractivity contribution in [2.24, 2.45) is 5.92 Å². The van der Waals surface area contributed by atoms with Crippen molar-refractivity contribution < 1.29 is 0 Å². The highest BCUT2D eigenvalue weighted by molar-refractivity contribution is 7.74. The maximum absolute atomic E-state index is 3.75. The molecule has 0 saturated heterocycles. The van der Waals surface area contributed by atoms with Crippen molar-refractivity contribution in [1.82, 2.24) is 0 Å². The number of hydrogen-bond donors (Lipinski definition) is 1. The largest absolute Gasteiger partial charge is 0.355 e. The minimum Gasteiger partial charge on any atom is -0.355 e. The highest BCUT2D eigenvalue weighted by Crippen LogP contribution is 2.75. The Morgan fingerprint density at radius 3 is 2.27 bits per heavy atom. The monoisotopic (exact) mass is 409 g/mol. The van der Waals surface area contributed by atoms with E-state index in [1.807, 2.05) is 13.8 Å². The van der Waals surface area contributed by atoms with Crippen LogP contribution in [0.3, 0.4) is 0 Å². The van der Waals surface area contributed by atoms with Crippen LogP contribution in [0, 0.1) is 5.92 Å². The summed E-state index contributed by atoms with van der Waals surface area (Å²) in [6.45, 7) is 4.00. The van der Waals surface area contributed by atoms with Crippen molar-refractivity contribution >= 4 is 30.2 Å². The Balaban J connectivity index is 0.000000937. The van der Waals surface area contributed by atoms with Crippen LogP contribution in [0.4, 0.5) is 11.4 Å². The Bertz CT molecular complexity index is 1110. The second-order valence-electron chi connectivity index (χ2n) is 7.77. The van der Waals surface area contributed by atoms with Gasteiger partial charge in [-0.05, 0) is 49.1 Å². The number of benzene rings is 2. The number of fused-ring (bicyclic) bond motifs is 6. The smallest absolute Gasteiger partial charge is 0.0464 e. The van der Waals surface area contributed by atoms with Gasteiger partial charge < -0.3 is 5.32 Å². The van der Waals surface area contributed by atoms with Gasteiger partial charge in [0.2, 0.25) is 0 Å². The number of nitrogens with one attached hydrogen (secondary N) is 1. The highest BCUT2D eigenvalue weighted by atomic mass is 31.1. The molecule has 0 spiro atoms. The van der Waals surface area contributed by atoms with Crippen LogP contribution in [0.15, 0.2) is 96.4 Å². The molecular weight excluding hydrogens is 381 g/mol. The van der Waals surface area contributed by atoms with Crippen molar-refractivity contribution in [3.63, 3.8) is 0 Å². The van der Waals surface area contributed by atoms with E-state index in [4.69, 9.17) is 0 Å². The highest BCUT2D eigenvalue weighted by Gasteiger charge is 2.43.